The number of rotatable bonds is 4. The van der Waals surface area contributed by atoms with E-state index >= 15 is 0 Å². The van der Waals surface area contributed by atoms with E-state index < -0.39 is 5.92 Å². The third-order valence-corrected chi connectivity index (χ3v) is 5.88. The Morgan fingerprint density at radius 1 is 1.18 bits per heavy atom. The molecule has 1 aromatic carbocycles. The molecule has 0 spiro atoms. The van der Waals surface area contributed by atoms with Crippen molar-refractivity contribution in [2.24, 2.45) is 10.7 Å². The van der Waals surface area contributed by atoms with Gasteiger partial charge in [-0.2, -0.15) is 0 Å². The van der Waals surface area contributed by atoms with Crippen LogP contribution in [0, 0.1) is 0 Å². The maximum Gasteiger partial charge on any atom is 0.282 e. The lowest BCUT2D eigenvalue weighted by molar-refractivity contribution is 0.0437. The van der Waals surface area contributed by atoms with Gasteiger partial charge in [-0.3, -0.25) is 0 Å². The predicted molar refractivity (Wildman–Crippen MR) is 135 cm³/mol. The van der Waals surface area contributed by atoms with Crippen LogP contribution in [0.1, 0.15) is 39.5 Å². The van der Waals surface area contributed by atoms with Gasteiger partial charge in [0, 0.05) is 30.2 Å². The second-order valence-corrected chi connectivity index (χ2v) is 9.23. The van der Waals surface area contributed by atoms with Gasteiger partial charge in [0.05, 0.1) is 18.6 Å². The van der Waals surface area contributed by atoms with Crippen molar-refractivity contribution in [3.63, 3.8) is 0 Å². The van der Waals surface area contributed by atoms with Crippen LogP contribution in [-0.4, -0.2) is 49.2 Å². The van der Waals surface area contributed by atoms with E-state index in [1.807, 2.05) is 6.07 Å². The fourth-order valence-corrected chi connectivity index (χ4v) is 4.38. The highest BCUT2D eigenvalue weighted by molar-refractivity contribution is 5.93. The number of amidine groups is 1. The SMILES string of the molecule is CC(C)(F)F.NC1=NCC(CNc2cc(N3CCCC4=CCCC=C4C3)nc3ccccc23)O1. The summed E-state index contributed by atoms with van der Waals surface area (Å²) in [5.74, 6) is -1.47. The summed E-state index contributed by atoms with van der Waals surface area (Å²) in [5, 5.41) is 4.68. The molecular weight excluding hydrogens is 436 g/mol. The van der Waals surface area contributed by atoms with E-state index in [0.29, 0.717) is 13.1 Å². The number of alkyl halides is 2. The number of nitrogens with two attached hydrogens (primary N) is 1. The number of allylic oxidation sites excluding steroid dienone is 2. The van der Waals surface area contributed by atoms with E-state index in [4.69, 9.17) is 15.5 Å². The molecule has 1 fully saturated rings. The van der Waals surface area contributed by atoms with Crippen molar-refractivity contribution in [1.29, 1.82) is 0 Å². The third-order valence-electron chi connectivity index (χ3n) is 5.88. The minimum absolute atomic E-state index is 0.0244. The highest BCUT2D eigenvalue weighted by Crippen LogP contribution is 2.32. The summed E-state index contributed by atoms with van der Waals surface area (Å²) in [6, 6.07) is 10.8. The number of hydrogen-bond donors (Lipinski definition) is 2. The summed E-state index contributed by atoms with van der Waals surface area (Å²) in [6.45, 7) is 4.93. The van der Waals surface area contributed by atoms with Crippen molar-refractivity contribution in [3.8, 4) is 0 Å². The van der Waals surface area contributed by atoms with E-state index in [0.717, 1.165) is 62.2 Å². The Morgan fingerprint density at radius 2 is 1.91 bits per heavy atom. The number of anilines is 2. The van der Waals surface area contributed by atoms with Crippen LogP contribution >= 0.6 is 0 Å². The second-order valence-electron chi connectivity index (χ2n) is 9.23. The minimum Gasteiger partial charge on any atom is -0.458 e. The molecule has 0 bridgehead atoms. The number of nitrogens with one attached hydrogen (secondary N) is 1. The molecule has 0 radical (unpaired) electrons. The van der Waals surface area contributed by atoms with Crippen LogP contribution < -0.4 is 16.0 Å². The molecule has 1 aromatic heterocycles. The van der Waals surface area contributed by atoms with Crippen LogP contribution in [-0.2, 0) is 4.74 Å². The number of fused-ring (bicyclic) bond motifs is 2. The van der Waals surface area contributed by atoms with Gasteiger partial charge >= 0.3 is 0 Å². The van der Waals surface area contributed by atoms with Gasteiger partial charge in [-0.05, 0) is 56.7 Å². The van der Waals surface area contributed by atoms with E-state index in [1.165, 1.54) is 24.0 Å². The number of aliphatic imine (C=N–C) groups is 1. The molecular formula is C26H33F2N5O. The quantitative estimate of drug-likeness (QED) is 0.638. The average Bonchev–Trinajstić information content (AvgIpc) is 3.09. The number of nitrogens with zero attached hydrogens (tertiary/aromatic N) is 3. The molecule has 2 aliphatic heterocycles. The summed E-state index contributed by atoms with van der Waals surface area (Å²) in [5.41, 5.74) is 10.7. The normalized spacial score (nSPS) is 20.2. The monoisotopic (exact) mass is 469 g/mol. The lowest BCUT2D eigenvalue weighted by Crippen LogP contribution is -2.27. The molecule has 6 nitrogen and oxygen atoms in total. The summed E-state index contributed by atoms with van der Waals surface area (Å²) in [6.07, 6.45) is 9.47. The number of halogens is 2. The van der Waals surface area contributed by atoms with Gasteiger partial charge in [0.15, 0.2) is 0 Å². The van der Waals surface area contributed by atoms with Gasteiger partial charge in [-0.15, -0.1) is 0 Å². The Labute approximate surface area is 199 Å². The number of pyridine rings is 1. The Kier molecular flexibility index (Phi) is 7.34. The molecule has 3 heterocycles. The van der Waals surface area contributed by atoms with E-state index in [1.54, 1.807) is 0 Å². The van der Waals surface area contributed by atoms with Gasteiger partial charge in [-0.1, -0.05) is 30.4 Å². The van der Waals surface area contributed by atoms with Crippen molar-refractivity contribution in [2.75, 3.05) is 36.4 Å². The largest absolute Gasteiger partial charge is 0.458 e. The standard InChI is InChI=1S/C23H27N5O.C3H6F2/c24-23-26-14-18(29-23)13-25-21-12-22(27-20-10-4-3-9-19(20)21)28-11-5-8-16-6-1-2-7-17(16)15-28;1-3(2,4)5/h3-4,6-7,9-10,12,18H,1-2,5,8,11,13-15H2,(H2,24,26)(H,25,27);1-2H3. The molecule has 3 aliphatic rings. The topological polar surface area (TPSA) is 75.8 Å². The summed E-state index contributed by atoms with van der Waals surface area (Å²) in [7, 11) is 0. The zero-order valence-electron chi connectivity index (χ0n) is 19.9. The van der Waals surface area contributed by atoms with Crippen molar-refractivity contribution in [2.45, 2.75) is 51.6 Å². The lowest BCUT2D eigenvalue weighted by atomic mass is 9.95. The highest BCUT2D eigenvalue weighted by Gasteiger charge is 2.21. The van der Waals surface area contributed by atoms with Crippen molar-refractivity contribution in [1.82, 2.24) is 4.98 Å². The number of para-hydroxylation sites is 1. The number of benzene rings is 1. The lowest BCUT2D eigenvalue weighted by Gasteiger charge is -2.25. The molecule has 182 valence electrons. The van der Waals surface area contributed by atoms with Gasteiger partial charge < -0.3 is 20.7 Å². The van der Waals surface area contributed by atoms with Gasteiger partial charge in [-0.25, -0.2) is 18.8 Å². The van der Waals surface area contributed by atoms with Crippen LogP contribution in [0.2, 0.25) is 0 Å². The molecule has 1 saturated heterocycles. The Balaban J connectivity index is 0.000000499. The number of ether oxygens (including phenoxy) is 1. The fourth-order valence-electron chi connectivity index (χ4n) is 4.38. The first-order valence-corrected chi connectivity index (χ1v) is 11.9. The molecule has 0 saturated carbocycles. The van der Waals surface area contributed by atoms with Crippen molar-refractivity contribution >= 4 is 28.4 Å². The first-order valence-electron chi connectivity index (χ1n) is 11.9. The highest BCUT2D eigenvalue weighted by atomic mass is 19.3. The first-order chi connectivity index (χ1) is 16.3. The predicted octanol–water partition coefficient (Wildman–Crippen LogP) is 5.27. The zero-order chi connectivity index (χ0) is 24.1. The Bertz CT molecular complexity index is 1100. The Morgan fingerprint density at radius 3 is 2.65 bits per heavy atom. The molecule has 1 unspecified atom stereocenters. The molecule has 8 heteroatoms. The summed E-state index contributed by atoms with van der Waals surface area (Å²) < 4.78 is 27.6. The average molecular weight is 470 g/mol. The van der Waals surface area contributed by atoms with Gasteiger partial charge in [0.25, 0.3) is 6.02 Å². The van der Waals surface area contributed by atoms with Gasteiger partial charge in [0.1, 0.15) is 11.9 Å². The maximum absolute atomic E-state index is 11.0. The molecule has 1 aliphatic carbocycles. The van der Waals surface area contributed by atoms with Crippen molar-refractivity contribution < 1.29 is 13.5 Å². The molecule has 3 N–H and O–H groups in total. The smallest absolute Gasteiger partial charge is 0.282 e. The van der Waals surface area contributed by atoms with Crippen LogP contribution in [0.3, 0.4) is 0 Å². The van der Waals surface area contributed by atoms with Gasteiger partial charge in [0.2, 0.25) is 5.92 Å². The molecule has 5 rings (SSSR count). The first kappa shape index (κ1) is 24.0. The maximum atomic E-state index is 11.0. The third kappa shape index (κ3) is 6.46. The fraction of sp³-hybridized carbons (Fsp3) is 0.462. The zero-order valence-corrected chi connectivity index (χ0v) is 19.9. The second kappa shape index (κ2) is 10.4. The van der Waals surface area contributed by atoms with E-state index in [9.17, 15) is 8.78 Å². The summed E-state index contributed by atoms with van der Waals surface area (Å²) in [4.78, 5) is 11.5. The van der Waals surface area contributed by atoms with Crippen molar-refractivity contribution in [3.05, 3.63) is 53.6 Å². The molecule has 1 atom stereocenters. The molecule has 34 heavy (non-hydrogen) atoms. The van der Waals surface area contributed by atoms with Crippen LogP contribution in [0.4, 0.5) is 20.3 Å². The van der Waals surface area contributed by atoms with E-state index in [2.05, 4.69) is 51.6 Å². The molecule has 0 amide bonds. The van der Waals surface area contributed by atoms with Crippen LogP contribution in [0.5, 0.6) is 0 Å². The Hall–Kier alpha value is -3.16. The molecule has 2 aromatic rings. The van der Waals surface area contributed by atoms with Crippen LogP contribution in [0.25, 0.3) is 10.9 Å². The number of hydrogen-bond acceptors (Lipinski definition) is 6. The summed E-state index contributed by atoms with van der Waals surface area (Å²) >= 11 is 0. The van der Waals surface area contributed by atoms with Crippen LogP contribution in [0.15, 0.2) is 58.6 Å². The number of aromatic nitrogens is 1. The van der Waals surface area contributed by atoms with E-state index in [-0.39, 0.29) is 12.1 Å². The minimum atomic E-state index is -2.50.